The summed E-state index contributed by atoms with van der Waals surface area (Å²) in [4.78, 5) is 15.9. The summed E-state index contributed by atoms with van der Waals surface area (Å²) >= 11 is 0. The Kier molecular flexibility index (Phi) is 4.03. The molecule has 0 radical (unpaired) electrons. The standard InChI is InChI=1S/C16H18N2O2/c1-16(2,3)20-15(19)18-14-7-5-4-6-13(14)12-8-10-17-11-9-12/h4-11H,1-3H3,(H,18,19). The van der Waals surface area contributed by atoms with Crippen LogP contribution in [-0.2, 0) is 4.74 Å². The van der Waals surface area contributed by atoms with Gasteiger partial charge < -0.3 is 4.74 Å². The second-order valence-corrected chi connectivity index (χ2v) is 5.41. The van der Waals surface area contributed by atoms with Crippen molar-refractivity contribution in [3.05, 3.63) is 48.8 Å². The van der Waals surface area contributed by atoms with E-state index in [0.29, 0.717) is 5.69 Å². The van der Waals surface area contributed by atoms with Gasteiger partial charge in [-0.15, -0.1) is 0 Å². The Morgan fingerprint density at radius 1 is 1.10 bits per heavy atom. The molecule has 1 amide bonds. The smallest absolute Gasteiger partial charge is 0.412 e. The molecule has 0 spiro atoms. The molecule has 0 saturated carbocycles. The summed E-state index contributed by atoms with van der Waals surface area (Å²) < 4.78 is 5.27. The number of anilines is 1. The zero-order valence-corrected chi connectivity index (χ0v) is 11.9. The van der Waals surface area contributed by atoms with E-state index >= 15 is 0 Å². The number of aromatic nitrogens is 1. The number of pyridine rings is 1. The van der Waals surface area contributed by atoms with Crippen LogP contribution in [0.25, 0.3) is 11.1 Å². The molecule has 0 saturated heterocycles. The predicted octanol–water partition coefficient (Wildman–Crippen LogP) is 4.10. The van der Waals surface area contributed by atoms with Gasteiger partial charge in [0, 0.05) is 18.0 Å². The molecule has 4 nitrogen and oxygen atoms in total. The molecule has 104 valence electrons. The molecule has 0 aliphatic rings. The first-order valence-corrected chi connectivity index (χ1v) is 6.45. The molecule has 1 aromatic carbocycles. The highest BCUT2D eigenvalue weighted by molar-refractivity contribution is 5.91. The molecule has 1 aromatic heterocycles. The summed E-state index contributed by atoms with van der Waals surface area (Å²) in [6.07, 6.45) is 2.98. The molecule has 0 bridgehead atoms. The number of carbonyl (C=O) groups is 1. The summed E-state index contributed by atoms with van der Waals surface area (Å²) in [5.41, 5.74) is 2.12. The normalized spacial score (nSPS) is 10.9. The molecule has 2 aromatic rings. The molecule has 20 heavy (non-hydrogen) atoms. The van der Waals surface area contributed by atoms with Crippen LogP contribution in [0.3, 0.4) is 0 Å². The first kappa shape index (κ1) is 14.1. The maximum absolute atomic E-state index is 11.9. The van der Waals surface area contributed by atoms with Crippen molar-refractivity contribution < 1.29 is 9.53 Å². The fourth-order valence-electron chi connectivity index (χ4n) is 1.79. The first-order chi connectivity index (χ1) is 9.46. The number of nitrogens with one attached hydrogen (secondary N) is 1. The van der Waals surface area contributed by atoms with E-state index in [1.54, 1.807) is 12.4 Å². The summed E-state index contributed by atoms with van der Waals surface area (Å²) in [5.74, 6) is 0. The second kappa shape index (κ2) is 5.74. The molecular weight excluding hydrogens is 252 g/mol. The van der Waals surface area contributed by atoms with Gasteiger partial charge in [0.25, 0.3) is 0 Å². The van der Waals surface area contributed by atoms with Gasteiger partial charge in [-0.25, -0.2) is 4.79 Å². The van der Waals surface area contributed by atoms with E-state index in [0.717, 1.165) is 11.1 Å². The number of para-hydroxylation sites is 1. The Morgan fingerprint density at radius 3 is 2.40 bits per heavy atom. The number of amides is 1. The van der Waals surface area contributed by atoms with Gasteiger partial charge in [0.15, 0.2) is 0 Å². The Bertz CT molecular complexity index is 589. The van der Waals surface area contributed by atoms with Gasteiger partial charge in [-0.3, -0.25) is 10.3 Å². The molecular formula is C16H18N2O2. The summed E-state index contributed by atoms with van der Waals surface area (Å²) in [6.45, 7) is 5.50. The van der Waals surface area contributed by atoms with Gasteiger partial charge in [0.1, 0.15) is 5.60 Å². The molecule has 1 N–H and O–H groups in total. The maximum Gasteiger partial charge on any atom is 0.412 e. The van der Waals surface area contributed by atoms with Crippen LogP contribution in [0.4, 0.5) is 10.5 Å². The van der Waals surface area contributed by atoms with Crippen molar-refractivity contribution in [1.82, 2.24) is 4.98 Å². The van der Waals surface area contributed by atoms with Crippen LogP contribution in [-0.4, -0.2) is 16.7 Å². The van der Waals surface area contributed by atoms with Crippen molar-refractivity contribution in [3.8, 4) is 11.1 Å². The van der Waals surface area contributed by atoms with Crippen LogP contribution >= 0.6 is 0 Å². The van der Waals surface area contributed by atoms with E-state index in [-0.39, 0.29) is 0 Å². The van der Waals surface area contributed by atoms with Crippen LogP contribution in [0.5, 0.6) is 0 Å². The number of hydrogen-bond acceptors (Lipinski definition) is 3. The van der Waals surface area contributed by atoms with E-state index < -0.39 is 11.7 Å². The Morgan fingerprint density at radius 2 is 1.75 bits per heavy atom. The van der Waals surface area contributed by atoms with E-state index in [9.17, 15) is 4.79 Å². The molecule has 2 rings (SSSR count). The van der Waals surface area contributed by atoms with Crippen molar-refractivity contribution in [1.29, 1.82) is 0 Å². The third kappa shape index (κ3) is 3.82. The number of carbonyl (C=O) groups excluding carboxylic acids is 1. The minimum Gasteiger partial charge on any atom is -0.444 e. The third-order valence-corrected chi connectivity index (χ3v) is 2.55. The Labute approximate surface area is 118 Å². The molecule has 4 heteroatoms. The SMILES string of the molecule is CC(C)(C)OC(=O)Nc1ccccc1-c1ccncc1. The van der Waals surface area contributed by atoms with Gasteiger partial charge >= 0.3 is 6.09 Å². The van der Waals surface area contributed by atoms with Gasteiger partial charge in [-0.2, -0.15) is 0 Å². The maximum atomic E-state index is 11.9. The first-order valence-electron chi connectivity index (χ1n) is 6.45. The number of ether oxygens (including phenoxy) is 1. The van der Waals surface area contributed by atoms with E-state index in [2.05, 4.69) is 10.3 Å². The lowest BCUT2D eigenvalue weighted by molar-refractivity contribution is 0.0636. The highest BCUT2D eigenvalue weighted by Crippen LogP contribution is 2.27. The van der Waals surface area contributed by atoms with Crippen LogP contribution in [0, 0.1) is 0 Å². The average Bonchev–Trinajstić information content (AvgIpc) is 2.38. The molecule has 0 unspecified atom stereocenters. The van der Waals surface area contributed by atoms with Crippen LogP contribution in [0.15, 0.2) is 48.8 Å². The van der Waals surface area contributed by atoms with Crippen molar-refractivity contribution >= 4 is 11.8 Å². The fraction of sp³-hybridized carbons (Fsp3) is 0.250. The highest BCUT2D eigenvalue weighted by Gasteiger charge is 2.17. The quantitative estimate of drug-likeness (QED) is 0.894. The topological polar surface area (TPSA) is 51.2 Å². The summed E-state index contributed by atoms with van der Waals surface area (Å²) in [7, 11) is 0. The molecule has 1 heterocycles. The number of rotatable bonds is 2. The van der Waals surface area contributed by atoms with Crippen molar-refractivity contribution in [3.63, 3.8) is 0 Å². The van der Waals surface area contributed by atoms with Crippen LogP contribution in [0.1, 0.15) is 20.8 Å². The lowest BCUT2D eigenvalue weighted by Gasteiger charge is -2.20. The monoisotopic (exact) mass is 270 g/mol. The second-order valence-electron chi connectivity index (χ2n) is 5.41. The van der Waals surface area contributed by atoms with Gasteiger partial charge in [0.05, 0.1) is 5.69 Å². The number of nitrogens with zero attached hydrogens (tertiary/aromatic N) is 1. The van der Waals surface area contributed by atoms with Crippen molar-refractivity contribution in [2.75, 3.05) is 5.32 Å². The summed E-state index contributed by atoms with van der Waals surface area (Å²) in [6, 6.07) is 11.4. The molecule has 0 aliphatic heterocycles. The predicted molar refractivity (Wildman–Crippen MR) is 79.5 cm³/mol. The lowest BCUT2D eigenvalue weighted by Crippen LogP contribution is -2.27. The molecule has 0 aliphatic carbocycles. The highest BCUT2D eigenvalue weighted by atomic mass is 16.6. The average molecular weight is 270 g/mol. The Hall–Kier alpha value is -2.36. The van der Waals surface area contributed by atoms with Crippen LogP contribution < -0.4 is 5.32 Å². The zero-order valence-electron chi connectivity index (χ0n) is 11.9. The van der Waals surface area contributed by atoms with E-state index in [4.69, 9.17) is 4.74 Å². The fourth-order valence-corrected chi connectivity index (χ4v) is 1.79. The molecule has 0 fully saturated rings. The van der Waals surface area contributed by atoms with Crippen molar-refractivity contribution in [2.24, 2.45) is 0 Å². The largest absolute Gasteiger partial charge is 0.444 e. The van der Waals surface area contributed by atoms with Gasteiger partial charge in [0.2, 0.25) is 0 Å². The zero-order chi connectivity index (χ0) is 14.6. The van der Waals surface area contributed by atoms with Crippen LogP contribution in [0.2, 0.25) is 0 Å². The van der Waals surface area contributed by atoms with E-state index in [1.807, 2.05) is 57.2 Å². The number of benzene rings is 1. The van der Waals surface area contributed by atoms with E-state index in [1.165, 1.54) is 0 Å². The summed E-state index contributed by atoms with van der Waals surface area (Å²) in [5, 5.41) is 2.78. The number of hydrogen-bond donors (Lipinski definition) is 1. The van der Waals surface area contributed by atoms with Gasteiger partial charge in [-0.1, -0.05) is 18.2 Å². The minimum absolute atomic E-state index is 0.459. The van der Waals surface area contributed by atoms with Crippen molar-refractivity contribution in [2.45, 2.75) is 26.4 Å². The van der Waals surface area contributed by atoms with Gasteiger partial charge in [-0.05, 0) is 44.5 Å². The lowest BCUT2D eigenvalue weighted by atomic mass is 10.1. The minimum atomic E-state index is -0.518. The third-order valence-electron chi connectivity index (χ3n) is 2.55. The Balaban J connectivity index is 2.23. The molecule has 0 atom stereocenters.